The van der Waals surface area contributed by atoms with Gasteiger partial charge in [0, 0.05) is 35.5 Å². The van der Waals surface area contributed by atoms with Crippen LogP contribution in [-0.4, -0.2) is 30.5 Å². The third-order valence-corrected chi connectivity index (χ3v) is 6.32. The zero-order valence-electron chi connectivity index (χ0n) is 19.1. The van der Waals surface area contributed by atoms with Gasteiger partial charge in [-0.25, -0.2) is 4.68 Å². The average Bonchev–Trinajstić information content (AvgIpc) is 3.25. The maximum atomic E-state index is 12.8. The number of hydrogen-bond donors (Lipinski definition) is 1. The normalized spacial score (nSPS) is 13.4. The molecule has 7 heteroatoms. The third-order valence-electron chi connectivity index (χ3n) is 6.32. The molecule has 2 aromatic heterocycles. The molecule has 1 amide bonds. The summed E-state index contributed by atoms with van der Waals surface area (Å²) >= 11 is 0. The molecule has 0 spiro atoms. The van der Waals surface area contributed by atoms with E-state index in [2.05, 4.69) is 25.2 Å². The number of amides is 1. The number of aryl methyl sites for hydroxylation is 2. The first kappa shape index (κ1) is 21.1. The molecule has 0 unspecified atom stereocenters. The third kappa shape index (κ3) is 4.31. The van der Waals surface area contributed by atoms with E-state index >= 15 is 0 Å². The van der Waals surface area contributed by atoms with Crippen molar-refractivity contribution >= 4 is 11.6 Å². The topological polar surface area (TPSA) is 77.6 Å². The molecule has 0 fully saturated rings. The lowest BCUT2D eigenvalue weighted by Gasteiger charge is -2.09. The monoisotopic (exact) mass is 440 g/mol. The highest BCUT2D eigenvalue weighted by Crippen LogP contribution is 2.24. The first-order valence-corrected chi connectivity index (χ1v) is 11.5. The number of carbonyl (C=O) groups is 1. The first-order valence-electron chi connectivity index (χ1n) is 11.5. The predicted molar refractivity (Wildman–Crippen MR) is 128 cm³/mol. The molecule has 168 valence electrons. The number of anilines is 1. The number of nitrogens with one attached hydrogen (secondary N) is 1. The van der Waals surface area contributed by atoms with Crippen LogP contribution in [0.1, 0.15) is 42.0 Å². The van der Waals surface area contributed by atoms with Gasteiger partial charge in [0.15, 0.2) is 5.82 Å². The molecule has 0 bridgehead atoms. The zero-order valence-corrected chi connectivity index (χ0v) is 19.1. The number of para-hydroxylation sites is 1. The minimum Gasteiger partial charge on any atom is -0.326 e. The van der Waals surface area contributed by atoms with Crippen molar-refractivity contribution < 1.29 is 4.79 Å². The quantitative estimate of drug-likeness (QED) is 0.490. The molecule has 0 radical (unpaired) electrons. The highest BCUT2D eigenvalue weighted by Gasteiger charge is 2.18. The molecular weight excluding hydrogens is 412 g/mol. The van der Waals surface area contributed by atoms with E-state index in [9.17, 15) is 4.79 Å². The highest BCUT2D eigenvalue weighted by atomic mass is 16.1. The van der Waals surface area contributed by atoms with Gasteiger partial charge in [0.05, 0.1) is 17.8 Å². The van der Waals surface area contributed by atoms with E-state index in [0.29, 0.717) is 0 Å². The van der Waals surface area contributed by atoms with Gasteiger partial charge in [0.25, 0.3) is 0 Å². The largest absolute Gasteiger partial charge is 0.326 e. The molecule has 1 aliphatic rings. The Labute approximate surface area is 193 Å². The van der Waals surface area contributed by atoms with E-state index < -0.39 is 0 Å². The van der Waals surface area contributed by atoms with Crippen molar-refractivity contribution in [3.63, 3.8) is 0 Å². The standard InChI is InChI=1S/C26H28N6O/c1-18-23(19(2)32(30-18)22-9-5-3-6-10-22)17-25(33)27-21-14-12-20(13-15-21)26-29-28-24-11-7-4-8-16-31(24)26/h3,5-6,9-10,12-15H,4,7-8,11,16-17H2,1-2H3,(H,27,33). The summed E-state index contributed by atoms with van der Waals surface area (Å²) in [6.07, 6.45) is 4.83. The number of nitrogens with zero attached hydrogens (tertiary/aromatic N) is 5. The van der Waals surface area contributed by atoms with Crippen molar-refractivity contribution in [3.8, 4) is 17.1 Å². The lowest BCUT2D eigenvalue weighted by molar-refractivity contribution is -0.115. The van der Waals surface area contributed by atoms with Crippen LogP contribution in [0, 0.1) is 13.8 Å². The van der Waals surface area contributed by atoms with Crippen LogP contribution < -0.4 is 5.32 Å². The second-order valence-electron chi connectivity index (χ2n) is 8.60. The average molecular weight is 441 g/mol. The summed E-state index contributed by atoms with van der Waals surface area (Å²) in [6, 6.07) is 17.8. The van der Waals surface area contributed by atoms with Crippen molar-refractivity contribution in [1.29, 1.82) is 0 Å². The van der Waals surface area contributed by atoms with E-state index in [-0.39, 0.29) is 12.3 Å². The number of hydrogen-bond acceptors (Lipinski definition) is 4. The minimum atomic E-state index is -0.0575. The predicted octanol–water partition coefficient (Wildman–Crippen LogP) is 4.66. The SMILES string of the molecule is Cc1nn(-c2ccccc2)c(C)c1CC(=O)Nc1ccc(-c2nnc3n2CCCCC3)cc1. The van der Waals surface area contributed by atoms with E-state index in [1.165, 1.54) is 12.8 Å². The van der Waals surface area contributed by atoms with Crippen molar-refractivity contribution in [3.05, 3.63) is 77.4 Å². The van der Waals surface area contributed by atoms with Crippen molar-refractivity contribution in [1.82, 2.24) is 24.5 Å². The molecule has 33 heavy (non-hydrogen) atoms. The second kappa shape index (κ2) is 9.02. The van der Waals surface area contributed by atoms with Crippen LogP contribution in [-0.2, 0) is 24.2 Å². The fourth-order valence-corrected chi connectivity index (χ4v) is 4.52. The summed E-state index contributed by atoms with van der Waals surface area (Å²) in [7, 11) is 0. The Balaban J connectivity index is 1.29. The molecule has 7 nitrogen and oxygen atoms in total. The molecule has 0 aliphatic carbocycles. The number of carbonyl (C=O) groups excluding carboxylic acids is 1. The van der Waals surface area contributed by atoms with E-state index in [1.54, 1.807) is 0 Å². The van der Waals surface area contributed by atoms with E-state index in [0.717, 1.165) is 64.9 Å². The fraction of sp³-hybridized carbons (Fsp3) is 0.308. The van der Waals surface area contributed by atoms with Gasteiger partial charge in [-0.15, -0.1) is 10.2 Å². The van der Waals surface area contributed by atoms with E-state index in [1.807, 2.05) is 73.1 Å². The maximum absolute atomic E-state index is 12.8. The Morgan fingerprint density at radius 2 is 1.76 bits per heavy atom. The summed E-state index contributed by atoms with van der Waals surface area (Å²) in [5, 5.41) is 16.5. The smallest absolute Gasteiger partial charge is 0.228 e. The number of benzene rings is 2. The van der Waals surface area contributed by atoms with Gasteiger partial charge >= 0.3 is 0 Å². The van der Waals surface area contributed by atoms with Crippen LogP contribution in [0.15, 0.2) is 54.6 Å². The molecule has 1 aliphatic heterocycles. The van der Waals surface area contributed by atoms with Crippen LogP contribution in [0.5, 0.6) is 0 Å². The van der Waals surface area contributed by atoms with Gasteiger partial charge < -0.3 is 9.88 Å². The van der Waals surface area contributed by atoms with Crippen molar-refractivity contribution in [2.75, 3.05) is 5.32 Å². The van der Waals surface area contributed by atoms with E-state index in [4.69, 9.17) is 0 Å². The van der Waals surface area contributed by atoms with Gasteiger partial charge in [-0.3, -0.25) is 4.79 Å². The Morgan fingerprint density at radius 3 is 2.55 bits per heavy atom. The second-order valence-corrected chi connectivity index (χ2v) is 8.60. The summed E-state index contributed by atoms with van der Waals surface area (Å²) < 4.78 is 4.13. The molecule has 0 saturated carbocycles. The summed E-state index contributed by atoms with van der Waals surface area (Å²) in [5.41, 5.74) is 5.59. The lowest BCUT2D eigenvalue weighted by atomic mass is 10.1. The Bertz CT molecular complexity index is 1270. The summed E-state index contributed by atoms with van der Waals surface area (Å²) in [4.78, 5) is 12.8. The number of fused-ring (bicyclic) bond motifs is 1. The molecule has 4 aromatic rings. The molecular formula is C26H28N6O. The molecule has 0 saturated heterocycles. The van der Waals surface area contributed by atoms with Crippen LogP contribution >= 0.6 is 0 Å². The van der Waals surface area contributed by atoms with Gasteiger partial charge in [0.2, 0.25) is 5.91 Å². The molecule has 5 rings (SSSR count). The van der Waals surface area contributed by atoms with Gasteiger partial charge in [-0.05, 0) is 63.1 Å². The molecule has 2 aromatic carbocycles. The van der Waals surface area contributed by atoms with Gasteiger partial charge in [-0.1, -0.05) is 24.6 Å². The van der Waals surface area contributed by atoms with Crippen LogP contribution in [0.3, 0.4) is 0 Å². The number of aromatic nitrogens is 5. The van der Waals surface area contributed by atoms with Gasteiger partial charge in [0.1, 0.15) is 5.82 Å². The highest BCUT2D eigenvalue weighted by molar-refractivity contribution is 5.92. The van der Waals surface area contributed by atoms with Crippen molar-refractivity contribution in [2.45, 2.75) is 52.5 Å². The lowest BCUT2D eigenvalue weighted by Crippen LogP contribution is -2.15. The minimum absolute atomic E-state index is 0.0575. The first-order chi connectivity index (χ1) is 16.1. The summed E-state index contributed by atoms with van der Waals surface area (Å²) in [6.45, 7) is 4.92. The van der Waals surface area contributed by atoms with Crippen LogP contribution in [0.4, 0.5) is 5.69 Å². The van der Waals surface area contributed by atoms with Crippen LogP contribution in [0.25, 0.3) is 17.1 Å². The van der Waals surface area contributed by atoms with Gasteiger partial charge in [-0.2, -0.15) is 5.10 Å². The maximum Gasteiger partial charge on any atom is 0.228 e. The Morgan fingerprint density at radius 1 is 0.970 bits per heavy atom. The number of rotatable bonds is 5. The Kier molecular flexibility index (Phi) is 5.77. The van der Waals surface area contributed by atoms with Crippen LogP contribution in [0.2, 0.25) is 0 Å². The molecule has 3 heterocycles. The van der Waals surface area contributed by atoms with Crippen molar-refractivity contribution in [2.24, 2.45) is 0 Å². The summed E-state index contributed by atoms with van der Waals surface area (Å²) in [5.74, 6) is 1.92. The zero-order chi connectivity index (χ0) is 22.8. The Hall–Kier alpha value is -3.74. The molecule has 1 N–H and O–H groups in total. The fourth-order valence-electron chi connectivity index (χ4n) is 4.52. The molecule has 0 atom stereocenters.